The Morgan fingerprint density at radius 3 is 2.55 bits per heavy atom. The number of anilines is 1. The van der Waals surface area contributed by atoms with Crippen molar-refractivity contribution >= 4 is 27.7 Å². The van der Waals surface area contributed by atoms with Crippen LogP contribution in [-0.4, -0.2) is 58.5 Å². The van der Waals surface area contributed by atoms with Crippen molar-refractivity contribution in [2.75, 3.05) is 45.2 Å². The van der Waals surface area contributed by atoms with Crippen LogP contribution in [0.3, 0.4) is 0 Å². The molecule has 1 heterocycles. The molecule has 7 nitrogen and oxygen atoms in total. The number of carbonyl (C=O) groups is 1. The molecule has 1 aliphatic heterocycles. The molecule has 1 amide bonds. The van der Waals surface area contributed by atoms with Gasteiger partial charge in [0.15, 0.2) is 6.54 Å². The summed E-state index contributed by atoms with van der Waals surface area (Å²) >= 11 is 0. The van der Waals surface area contributed by atoms with Crippen LogP contribution in [0.5, 0.6) is 5.75 Å². The number of rotatable bonds is 7. The highest BCUT2D eigenvalue weighted by molar-refractivity contribution is 7.92. The van der Waals surface area contributed by atoms with Gasteiger partial charge >= 0.3 is 0 Å². The lowest BCUT2D eigenvalue weighted by Gasteiger charge is -2.30. The van der Waals surface area contributed by atoms with Crippen molar-refractivity contribution in [3.8, 4) is 5.75 Å². The molecule has 2 aromatic rings. The van der Waals surface area contributed by atoms with E-state index in [1.54, 1.807) is 25.3 Å². The zero-order valence-corrected chi connectivity index (χ0v) is 17.2. The number of hydrogen-bond acceptors (Lipinski definition) is 4. The van der Waals surface area contributed by atoms with Crippen LogP contribution in [0.25, 0.3) is 6.08 Å². The molecule has 0 unspecified atom stereocenters. The van der Waals surface area contributed by atoms with Crippen molar-refractivity contribution in [2.24, 2.45) is 0 Å². The van der Waals surface area contributed by atoms with Crippen LogP contribution >= 0.6 is 0 Å². The van der Waals surface area contributed by atoms with E-state index in [1.807, 2.05) is 42.5 Å². The van der Waals surface area contributed by atoms with Gasteiger partial charge in [-0.05, 0) is 23.8 Å². The maximum absolute atomic E-state index is 12.5. The number of methoxy groups -OCH3 is 1. The first kappa shape index (κ1) is 21.0. The molecule has 0 bridgehead atoms. The molecule has 154 valence electrons. The minimum atomic E-state index is -3.46. The van der Waals surface area contributed by atoms with E-state index in [4.69, 9.17) is 4.74 Å². The second-order valence-corrected chi connectivity index (χ2v) is 8.68. The van der Waals surface area contributed by atoms with Gasteiger partial charge in [0.05, 0.1) is 33.3 Å². The standard InChI is InChI=1S/C21H25N3O4S/c1-28-20-9-5-8-19(16-20)22-21(25)17-23-11-13-24(14-12-23)29(26,27)15-10-18-6-3-2-4-7-18/h2-10,15-16H,11-14,17H2,1H3,(H,22,25)/p+1/b15-10+. The van der Waals surface area contributed by atoms with E-state index in [2.05, 4.69) is 5.32 Å². The summed E-state index contributed by atoms with van der Waals surface area (Å²) in [6.45, 7) is 2.26. The molecule has 0 aromatic heterocycles. The number of ether oxygens (including phenoxy) is 1. The fourth-order valence-electron chi connectivity index (χ4n) is 3.18. The predicted molar refractivity (Wildman–Crippen MR) is 113 cm³/mol. The van der Waals surface area contributed by atoms with Crippen molar-refractivity contribution in [1.29, 1.82) is 0 Å². The van der Waals surface area contributed by atoms with Crippen LogP contribution in [0.15, 0.2) is 60.0 Å². The third kappa shape index (κ3) is 6.15. The third-order valence-electron chi connectivity index (χ3n) is 4.79. The minimum absolute atomic E-state index is 0.103. The number of sulfonamides is 1. The van der Waals surface area contributed by atoms with E-state index in [-0.39, 0.29) is 5.91 Å². The van der Waals surface area contributed by atoms with Crippen LogP contribution < -0.4 is 15.0 Å². The molecule has 2 aromatic carbocycles. The van der Waals surface area contributed by atoms with Crippen molar-refractivity contribution in [3.05, 3.63) is 65.6 Å². The summed E-state index contributed by atoms with van der Waals surface area (Å²) in [4.78, 5) is 13.4. The first-order valence-corrected chi connectivity index (χ1v) is 11.0. The van der Waals surface area contributed by atoms with E-state index < -0.39 is 10.0 Å². The predicted octanol–water partition coefficient (Wildman–Crippen LogP) is 0.835. The van der Waals surface area contributed by atoms with Gasteiger partial charge in [-0.25, -0.2) is 8.42 Å². The second-order valence-electron chi connectivity index (χ2n) is 6.86. The maximum Gasteiger partial charge on any atom is 0.279 e. The van der Waals surface area contributed by atoms with E-state index in [0.29, 0.717) is 44.2 Å². The molecule has 0 atom stereocenters. The lowest BCUT2D eigenvalue weighted by Crippen LogP contribution is -3.15. The Hall–Kier alpha value is -2.68. The summed E-state index contributed by atoms with van der Waals surface area (Å²) in [6.07, 6.45) is 1.61. The summed E-state index contributed by atoms with van der Waals surface area (Å²) in [5.74, 6) is 0.575. The number of piperazine rings is 1. The molecule has 1 saturated heterocycles. The molecule has 0 aliphatic carbocycles. The number of amides is 1. The monoisotopic (exact) mass is 416 g/mol. The number of carbonyl (C=O) groups excluding carboxylic acids is 1. The summed E-state index contributed by atoms with van der Waals surface area (Å²) in [7, 11) is -1.89. The smallest absolute Gasteiger partial charge is 0.279 e. The number of benzene rings is 2. The van der Waals surface area contributed by atoms with E-state index in [1.165, 1.54) is 9.71 Å². The van der Waals surface area contributed by atoms with Crippen LogP contribution in [0, 0.1) is 0 Å². The molecule has 0 spiro atoms. The minimum Gasteiger partial charge on any atom is -0.497 e. The van der Waals surface area contributed by atoms with Crippen molar-refractivity contribution in [2.45, 2.75) is 0 Å². The molecular formula is C21H26N3O4S+. The number of nitrogens with zero attached hydrogens (tertiary/aromatic N) is 1. The van der Waals surface area contributed by atoms with Gasteiger partial charge in [0.2, 0.25) is 10.0 Å². The Kier molecular flexibility index (Phi) is 7.03. The highest BCUT2D eigenvalue weighted by Gasteiger charge is 2.28. The van der Waals surface area contributed by atoms with Gasteiger partial charge in [-0.15, -0.1) is 0 Å². The highest BCUT2D eigenvalue weighted by atomic mass is 32.2. The van der Waals surface area contributed by atoms with E-state index >= 15 is 0 Å². The SMILES string of the molecule is COc1cccc(NC(=O)C[NH+]2CCN(S(=O)(=O)/C=C/c3ccccc3)CC2)c1. The molecule has 8 heteroatoms. The lowest BCUT2D eigenvalue weighted by molar-refractivity contribution is -0.895. The average Bonchev–Trinajstić information content (AvgIpc) is 2.73. The average molecular weight is 417 g/mol. The molecule has 1 aliphatic rings. The van der Waals surface area contributed by atoms with Crippen LogP contribution in [0.1, 0.15) is 5.56 Å². The van der Waals surface area contributed by atoms with Gasteiger partial charge in [0.1, 0.15) is 5.75 Å². The normalized spacial score (nSPS) is 16.0. The largest absolute Gasteiger partial charge is 0.497 e. The zero-order valence-electron chi connectivity index (χ0n) is 16.4. The Labute approximate surface area is 171 Å². The second kappa shape index (κ2) is 9.69. The maximum atomic E-state index is 12.5. The molecular weight excluding hydrogens is 390 g/mol. The van der Waals surface area contributed by atoms with Gasteiger partial charge in [-0.3, -0.25) is 4.79 Å². The van der Waals surface area contributed by atoms with Gasteiger partial charge in [-0.2, -0.15) is 4.31 Å². The van der Waals surface area contributed by atoms with Gasteiger partial charge < -0.3 is 15.0 Å². The fourth-order valence-corrected chi connectivity index (χ4v) is 4.37. The molecule has 1 fully saturated rings. The summed E-state index contributed by atoms with van der Waals surface area (Å²) < 4.78 is 31.7. The first-order chi connectivity index (χ1) is 14.0. The van der Waals surface area contributed by atoms with Crippen molar-refractivity contribution < 1.29 is 22.8 Å². The summed E-state index contributed by atoms with van der Waals surface area (Å²) in [5, 5.41) is 4.11. The molecule has 29 heavy (non-hydrogen) atoms. The summed E-state index contributed by atoms with van der Waals surface area (Å²) in [5.41, 5.74) is 1.52. The van der Waals surface area contributed by atoms with Crippen molar-refractivity contribution in [1.82, 2.24) is 4.31 Å². The van der Waals surface area contributed by atoms with Crippen LogP contribution in [0.2, 0.25) is 0 Å². The highest BCUT2D eigenvalue weighted by Crippen LogP contribution is 2.16. The molecule has 3 rings (SSSR count). The Morgan fingerprint density at radius 2 is 1.86 bits per heavy atom. The fraction of sp³-hybridized carbons (Fsp3) is 0.286. The van der Waals surface area contributed by atoms with E-state index in [9.17, 15) is 13.2 Å². The topological polar surface area (TPSA) is 80.2 Å². The van der Waals surface area contributed by atoms with Gasteiger partial charge in [0.25, 0.3) is 5.91 Å². The lowest BCUT2D eigenvalue weighted by atomic mass is 10.2. The number of nitrogens with one attached hydrogen (secondary N) is 2. The quantitative estimate of drug-likeness (QED) is 0.701. The molecule has 0 radical (unpaired) electrons. The molecule has 2 N–H and O–H groups in total. The summed E-state index contributed by atoms with van der Waals surface area (Å²) in [6, 6.07) is 16.5. The van der Waals surface area contributed by atoms with Crippen LogP contribution in [-0.2, 0) is 14.8 Å². The van der Waals surface area contributed by atoms with Crippen molar-refractivity contribution in [3.63, 3.8) is 0 Å². The Balaban J connectivity index is 1.49. The van der Waals surface area contributed by atoms with Gasteiger partial charge in [-0.1, -0.05) is 36.4 Å². The Bertz CT molecular complexity index is 953. The molecule has 0 saturated carbocycles. The van der Waals surface area contributed by atoms with Gasteiger partial charge in [0, 0.05) is 17.2 Å². The Morgan fingerprint density at radius 1 is 1.14 bits per heavy atom. The van der Waals surface area contributed by atoms with E-state index in [0.717, 1.165) is 10.5 Å². The number of quaternary nitrogens is 1. The third-order valence-corrected chi connectivity index (χ3v) is 6.35. The van der Waals surface area contributed by atoms with Crippen LogP contribution in [0.4, 0.5) is 5.69 Å². The first-order valence-electron chi connectivity index (χ1n) is 9.47. The number of hydrogen-bond donors (Lipinski definition) is 2. The zero-order chi connectivity index (χ0) is 20.7.